The molecule has 3 heterocycles. The van der Waals surface area contributed by atoms with E-state index in [-0.39, 0.29) is 0 Å². The maximum atomic E-state index is 2.72. The fraction of sp³-hybridized carbons (Fsp3) is 0.750. The number of piperazine rings is 1. The van der Waals surface area contributed by atoms with Crippen LogP contribution in [-0.4, -0.2) is 48.1 Å². The summed E-state index contributed by atoms with van der Waals surface area (Å²) in [5, 5.41) is 0. The molecule has 106 valence electrons. The van der Waals surface area contributed by atoms with E-state index in [2.05, 4.69) is 35.8 Å². The molecule has 0 N–H and O–H groups in total. The Hall–Kier alpha value is -0.380. The van der Waals surface area contributed by atoms with Gasteiger partial charge in [0.25, 0.3) is 0 Å². The second-order valence-electron chi connectivity index (χ2n) is 6.25. The number of nitrogens with zero attached hydrogens (tertiary/aromatic N) is 2. The Morgan fingerprint density at radius 1 is 1.26 bits per heavy atom. The van der Waals surface area contributed by atoms with Crippen molar-refractivity contribution in [3.8, 4) is 0 Å². The number of hydrogen-bond acceptors (Lipinski definition) is 3. The van der Waals surface area contributed by atoms with Crippen molar-refractivity contribution in [3.05, 3.63) is 21.9 Å². The number of hydrogen-bond donors (Lipinski definition) is 0. The lowest BCUT2D eigenvalue weighted by Gasteiger charge is -2.46. The maximum absolute atomic E-state index is 2.72. The first-order chi connectivity index (χ1) is 9.22. The van der Waals surface area contributed by atoms with Gasteiger partial charge in [-0.1, -0.05) is 6.42 Å². The molecule has 19 heavy (non-hydrogen) atoms. The van der Waals surface area contributed by atoms with Gasteiger partial charge in [-0.15, -0.1) is 11.3 Å². The lowest BCUT2D eigenvalue weighted by atomic mass is 9.98. The first-order valence-corrected chi connectivity index (χ1v) is 8.57. The van der Waals surface area contributed by atoms with Crippen LogP contribution in [0.15, 0.2) is 12.1 Å². The van der Waals surface area contributed by atoms with Crippen molar-refractivity contribution >= 4 is 11.3 Å². The van der Waals surface area contributed by atoms with Crippen LogP contribution in [0.3, 0.4) is 0 Å². The molecule has 2 saturated heterocycles. The van der Waals surface area contributed by atoms with Crippen molar-refractivity contribution < 1.29 is 0 Å². The van der Waals surface area contributed by atoms with Gasteiger partial charge in [0, 0.05) is 41.5 Å². The standard InChI is InChI=1S/C16H26N2S/c1-13(11-16-7-6-14(2)19-16)18-10-9-17-8-4-3-5-15(17)12-18/h6-7,13,15H,3-5,8-12H2,1-2H3. The van der Waals surface area contributed by atoms with Crippen LogP contribution in [0.25, 0.3) is 0 Å². The van der Waals surface area contributed by atoms with Gasteiger partial charge in [0.05, 0.1) is 0 Å². The first-order valence-electron chi connectivity index (χ1n) is 7.76. The molecule has 0 aliphatic carbocycles. The molecule has 0 bridgehead atoms. The topological polar surface area (TPSA) is 6.48 Å². The molecule has 2 atom stereocenters. The molecule has 1 aromatic rings. The number of rotatable bonds is 3. The third-order valence-corrected chi connectivity index (χ3v) is 5.81. The minimum absolute atomic E-state index is 0.696. The van der Waals surface area contributed by atoms with Crippen LogP contribution in [0.4, 0.5) is 0 Å². The molecule has 0 radical (unpaired) electrons. The van der Waals surface area contributed by atoms with E-state index in [4.69, 9.17) is 0 Å². The monoisotopic (exact) mass is 278 g/mol. The molecular formula is C16H26N2S. The number of piperidine rings is 1. The van der Waals surface area contributed by atoms with Gasteiger partial charge in [-0.2, -0.15) is 0 Å². The van der Waals surface area contributed by atoms with Gasteiger partial charge in [-0.05, 0) is 51.8 Å². The number of fused-ring (bicyclic) bond motifs is 1. The highest BCUT2D eigenvalue weighted by atomic mass is 32.1. The van der Waals surface area contributed by atoms with Gasteiger partial charge in [0.1, 0.15) is 0 Å². The lowest BCUT2D eigenvalue weighted by Crippen LogP contribution is -2.57. The summed E-state index contributed by atoms with van der Waals surface area (Å²) >= 11 is 1.97. The molecular weight excluding hydrogens is 252 g/mol. The smallest absolute Gasteiger partial charge is 0.0223 e. The van der Waals surface area contributed by atoms with Gasteiger partial charge in [0.2, 0.25) is 0 Å². The first kappa shape index (κ1) is 13.6. The molecule has 2 aliphatic heterocycles. The van der Waals surface area contributed by atoms with E-state index in [1.54, 1.807) is 4.88 Å². The molecule has 0 spiro atoms. The second kappa shape index (κ2) is 5.94. The van der Waals surface area contributed by atoms with E-state index in [1.807, 2.05) is 11.3 Å². The summed E-state index contributed by atoms with van der Waals surface area (Å²) in [6, 6.07) is 6.11. The summed E-state index contributed by atoms with van der Waals surface area (Å²) in [4.78, 5) is 8.44. The van der Waals surface area contributed by atoms with Crippen molar-refractivity contribution in [2.24, 2.45) is 0 Å². The summed E-state index contributed by atoms with van der Waals surface area (Å²) in [7, 11) is 0. The Bertz CT molecular complexity index is 415. The summed E-state index contributed by atoms with van der Waals surface area (Å²) in [5.74, 6) is 0. The number of aryl methyl sites for hydroxylation is 1. The zero-order chi connectivity index (χ0) is 13.2. The van der Waals surface area contributed by atoms with E-state index >= 15 is 0 Å². The molecule has 3 heteroatoms. The van der Waals surface area contributed by atoms with Crippen molar-refractivity contribution in [2.75, 3.05) is 26.2 Å². The number of thiophene rings is 1. The van der Waals surface area contributed by atoms with Crippen molar-refractivity contribution in [1.82, 2.24) is 9.80 Å². The van der Waals surface area contributed by atoms with E-state index < -0.39 is 0 Å². The average molecular weight is 278 g/mol. The Morgan fingerprint density at radius 3 is 2.95 bits per heavy atom. The molecule has 0 amide bonds. The van der Waals surface area contributed by atoms with Crippen molar-refractivity contribution in [1.29, 1.82) is 0 Å². The quantitative estimate of drug-likeness (QED) is 0.838. The Morgan fingerprint density at radius 2 is 2.16 bits per heavy atom. The molecule has 1 aromatic heterocycles. The third kappa shape index (κ3) is 3.21. The zero-order valence-electron chi connectivity index (χ0n) is 12.3. The lowest BCUT2D eigenvalue weighted by molar-refractivity contribution is 0.0313. The minimum atomic E-state index is 0.696. The molecule has 2 unspecified atom stereocenters. The third-order valence-electron chi connectivity index (χ3n) is 4.78. The van der Waals surface area contributed by atoms with Crippen molar-refractivity contribution in [2.45, 2.75) is 51.6 Å². The van der Waals surface area contributed by atoms with Gasteiger partial charge >= 0.3 is 0 Å². The Kier molecular flexibility index (Phi) is 4.25. The van der Waals surface area contributed by atoms with Crippen LogP contribution >= 0.6 is 11.3 Å². The molecule has 2 aliphatic rings. The van der Waals surface area contributed by atoms with E-state index in [0.29, 0.717) is 6.04 Å². The maximum Gasteiger partial charge on any atom is 0.0223 e. The molecule has 2 fully saturated rings. The van der Waals surface area contributed by atoms with E-state index in [1.165, 1.54) is 56.7 Å². The highest BCUT2D eigenvalue weighted by molar-refractivity contribution is 7.11. The van der Waals surface area contributed by atoms with Crippen LogP contribution in [0, 0.1) is 6.92 Å². The van der Waals surface area contributed by atoms with Crippen LogP contribution in [0.1, 0.15) is 35.9 Å². The van der Waals surface area contributed by atoms with E-state index in [9.17, 15) is 0 Å². The normalized spacial score (nSPS) is 27.2. The van der Waals surface area contributed by atoms with Gasteiger partial charge in [-0.3, -0.25) is 9.80 Å². The summed E-state index contributed by atoms with van der Waals surface area (Å²) in [6.07, 6.45) is 5.50. The van der Waals surface area contributed by atoms with Crippen LogP contribution in [0.5, 0.6) is 0 Å². The Balaban J connectivity index is 1.56. The highest BCUT2D eigenvalue weighted by Crippen LogP contribution is 2.24. The second-order valence-corrected chi connectivity index (χ2v) is 7.62. The van der Waals surface area contributed by atoms with Crippen molar-refractivity contribution in [3.63, 3.8) is 0 Å². The molecule has 0 saturated carbocycles. The van der Waals surface area contributed by atoms with Gasteiger partial charge < -0.3 is 0 Å². The summed E-state index contributed by atoms with van der Waals surface area (Å²) < 4.78 is 0. The zero-order valence-corrected chi connectivity index (χ0v) is 13.1. The predicted octanol–water partition coefficient (Wildman–Crippen LogP) is 3.16. The van der Waals surface area contributed by atoms with Crippen LogP contribution in [-0.2, 0) is 6.42 Å². The SMILES string of the molecule is Cc1ccc(CC(C)N2CCN3CCCCC3C2)s1. The molecule has 0 aromatic carbocycles. The summed E-state index contributed by atoms with van der Waals surface area (Å²) in [5.41, 5.74) is 0. The largest absolute Gasteiger partial charge is 0.298 e. The molecule has 2 nitrogen and oxygen atoms in total. The van der Waals surface area contributed by atoms with Gasteiger partial charge in [-0.25, -0.2) is 0 Å². The predicted molar refractivity (Wildman–Crippen MR) is 83.0 cm³/mol. The highest BCUT2D eigenvalue weighted by Gasteiger charge is 2.30. The summed E-state index contributed by atoms with van der Waals surface area (Å²) in [6.45, 7) is 9.82. The van der Waals surface area contributed by atoms with E-state index in [0.717, 1.165) is 6.04 Å². The molecule has 3 rings (SSSR count). The van der Waals surface area contributed by atoms with Crippen LogP contribution < -0.4 is 0 Å². The fourth-order valence-corrected chi connectivity index (χ4v) is 4.61. The van der Waals surface area contributed by atoms with Crippen LogP contribution in [0.2, 0.25) is 0 Å². The fourth-order valence-electron chi connectivity index (χ4n) is 3.60. The Labute approximate surface area is 121 Å². The minimum Gasteiger partial charge on any atom is -0.298 e. The average Bonchev–Trinajstić information content (AvgIpc) is 2.83. The van der Waals surface area contributed by atoms with Gasteiger partial charge in [0.15, 0.2) is 0 Å².